The van der Waals surface area contributed by atoms with Gasteiger partial charge in [0, 0.05) is 20.1 Å². The Morgan fingerprint density at radius 2 is 2.07 bits per heavy atom. The van der Waals surface area contributed by atoms with Crippen molar-refractivity contribution >= 4 is 22.4 Å². The topological polar surface area (TPSA) is 68.6 Å². The van der Waals surface area contributed by atoms with Crippen molar-refractivity contribution < 1.29 is 14.3 Å². The molecule has 2 heterocycles. The van der Waals surface area contributed by atoms with Crippen LogP contribution >= 0.6 is 0 Å². The van der Waals surface area contributed by atoms with Gasteiger partial charge in [0.1, 0.15) is 5.75 Å². The van der Waals surface area contributed by atoms with Gasteiger partial charge in [0.25, 0.3) is 0 Å². The monoisotopic (exact) mass is 394 g/mol. The number of nitrogens with one attached hydrogen (secondary N) is 1. The predicted octanol–water partition coefficient (Wildman–Crippen LogP) is 2.90. The highest BCUT2D eigenvalue weighted by atomic mass is 16.5. The number of rotatable bonds is 5. The fourth-order valence-corrected chi connectivity index (χ4v) is 3.63. The molecule has 1 unspecified atom stereocenters. The van der Waals surface area contributed by atoms with Gasteiger partial charge < -0.3 is 14.8 Å². The zero-order valence-corrected chi connectivity index (χ0v) is 17.0. The van der Waals surface area contributed by atoms with E-state index < -0.39 is 0 Å². The van der Waals surface area contributed by atoms with Crippen LogP contribution in [0.3, 0.4) is 0 Å². The van der Waals surface area contributed by atoms with Gasteiger partial charge in [0.15, 0.2) is 0 Å². The first kappa shape index (κ1) is 19.4. The maximum absolute atomic E-state index is 12.5. The Hall–Kier alpha value is -2.90. The van der Waals surface area contributed by atoms with E-state index in [4.69, 9.17) is 9.47 Å². The van der Waals surface area contributed by atoms with Gasteiger partial charge >= 0.3 is 0 Å². The summed E-state index contributed by atoms with van der Waals surface area (Å²) >= 11 is 0. The fraction of sp³-hybridized carbons (Fsp3) is 0.364. The van der Waals surface area contributed by atoms with E-state index >= 15 is 0 Å². The summed E-state index contributed by atoms with van der Waals surface area (Å²) in [5.41, 5.74) is 2.81. The lowest BCUT2D eigenvalue weighted by Crippen LogP contribution is -2.42. The minimum absolute atomic E-state index is 0.0349. The van der Waals surface area contributed by atoms with Gasteiger partial charge in [-0.3, -0.25) is 14.4 Å². The molecule has 1 atom stereocenters. The number of ether oxygens (including phenoxy) is 2. The summed E-state index contributed by atoms with van der Waals surface area (Å²) in [6.07, 6.45) is 1.63. The molecule has 7 heteroatoms. The number of fused-ring (bicyclic) bond motifs is 1. The maximum atomic E-state index is 12.5. The van der Waals surface area contributed by atoms with Crippen molar-refractivity contribution in [3.05, 3.63) is 53.9 Å². The number of aromatic nitrogens is 2. The molecule has 0 bridgehead atoms. The Kier molecular flexibility index (Phi) is 5.51. The average Bonchev–Trinajstić information content (AvgIpc) is 3.05. The normalized spacial score (nSPS) is 17.4. The van der Waals surface area contributed by atoms with Gasteiger partial charge in [-0.05, 0) is 41.5 Å². The number of hydrogen-bond acceptors (Lipinski definition) is 5. The minimum atomic E-state index is -0.0526. The molecular weight excluding hydrogens is 368 g/mol. The molecule has 152 valence electrons. The second-order valence-corrected chi connectivity index (χ2v) is 7.38. The number of hydrogen-bond donors (Lipinski definition) is 1. The number of carbonyl (C=O) groups is 1. The van der Waals surface area contributed by atoms with Crippen molar-refractivity contribution in [2.24, 2.45) is 7.05 Å². The fourth-order valence-electron chi connectivity index (χ4n) is 3.63. The first-order valence-corrected chi connectivity index (χ1v) is 9.73. The first-order valence-electron chi connectivity index (χ1n) is 9.73. The lowest BCUT2D eigenvalue weighted by atomic mass is 10.0. The third kappa shape index (κ3) is 4.26. The number of aryl methyl sites for hydroxylation is 1. The number of nitrogens with zero attached hydrogens (tertiary/aromatic N) is 3. The van der Waals surface area contributed by atoms with Crippen molar-refractivity contribution in [3.63, 3.8) is 0 Å². The van der Waals surface area contributed by atoms with E-state index in [1.807, 2.05) is 26.1 Å². The second-order valence-electron chi connectivity index (χ2n) is 7.38. The number of anilines is 1. The molecule has 0 radical (unpaired) electrons. The maximum Gasteiger partial charge on any atom is 0.238 e. The van der Waals surface area contributed by atoms with Crippen molar-refractivity contribution in [3.8, 4) is 5.75 Å². The van der Waals surface area contributed by atoms with E-state index in [0.29, 0.717) is 19.7 Å². The standard InChI is InChI=1S/C22H26N4O3/c1-15-20(12-23-25(15)2)24-22(27)14-26-8-9-29-21(13-26)18-5-4-17-11-19(28-3)7-6-16(17)10-18/h4-7,10-12,21H,8-9,13-14H2,1-3H3,(H,24,27). The van der Waals surface area contributed by atoms with Crippen LogP contribution in [0.15, 0.2) is 42.6 Å². The van der Waals surface area contributed by atoms with E-state index in [0.717, 1.165) is 40.0 Å². The first-order chi connectivity index (χ1) is 14.0. The lowest BCUT2D eigenvalue weighted by Gasteiger charge is -2.32. The van der Waals surface area contributed by atoms with Crippen molar-refractivity contribution in [2.45, 2.75) is 13.0 Å². The van der Waals surface area contributed by atoms with E-state index in [2.05, 4.69) is 39.6 Å². The summed E-state index contributed by atoms with van der Waals surface area (Å²) in [7, 11) is 3.53. The van der Waals surface area contributed by atoms with Crippen molar-refractivity contribution in [1.82, 2.24) is 14.7 Å². The molecule has 1 fully saturated rings. The molecule has 4 rings (SSSR count). The average molecular weight is 394 g/mol. The van der Waals surface area contributed by atoms with Gasteiger partial charge in [-0.1, -0.05) is 18.2 Å². The van der Waals surface area contributed by atoms with Gasteiger partial charge in [0.05, 0.1) is 43.9 Å². The minimum Gasteiger partial charge on any atom is -0.497 e. The largest absolute Gasteiger partial charge is 0.497 e. The molecule has 7 nitrogen and oxygen atoms in total. The van der Waals surface area contributed by atoms with Crippen LogP contribution in [-0.4, -0.2) is 53.9 Å². The highest BCUT2D eigenvalue weighted by molar-refractivity contribution is 5.92. The number of methoxy groups -OCH3 is 1. The van der Waals surface area contributed by atoms with Crippen LogP contribution < -0.4 is 10.1 Å². The van der Waals surface area contributed by atoms with E-state index in [-0.39, 0.29) is 12.0 Å². The predicted molar refractivity (Wildman–Crippen MR) is 112 cm³/mol. The van der Waals surface area contributed by atoms with Crippen molar-refractivity contribution in [2.75, 3.05) is 38.7 Å². The molecule has 29 heavy (non-hydrogen) atoms. The molecule has 3 aromatic rings. The zero-order chi connectivity index (χ0) is 20.4. The van der Waals surface area contributed by atoms with E-state index in [9.17, 15) is 4.79 Å². The molecule has 0 aliphatic carbocycles. The second kappa shape index (κ2) is 8.23. The SMILES string of the molecule is COc1ccc2cc(C3CN(CC(=O)Nc4cnn(C)c4C)CCO3)ccc2c1. The molecule has 1 aromatic heterocycles. The highest BCUT2D eigenvalue weighted by Crippen LogP contribution is 2.28. The number of benzene rings is 2. The molecule has 1 N–H and O–H groups in total. The molecule has 1 aliphatic rings. The van der Waals surface area contributed by atoms with E-state index in [1.54, 1.807) is 18.0 Å². The molecule has 0 spiro atoms. The quantitative estimate of drug-likeness (QED) is 0.721. The van der Waals surface area contributed by atoms with Gasteiger partial charge in [-0.25, -0.2) is 0 Å². The van der Waals surface area contributed by atoms with Crippen LogP contribution in [0.5, 0.6) is 5.75 Å². The lowest BCUT2D eigenvalue weighted by molar-refractivity contribution is -0.119. The van der Waals surface area contributed by atoms with Gasteiger partial charge in [0.2, 0.25) is 5.91 Å². The summed E-state index contributed by atoms with van der Waals surface area (Å²) in [4.78, 5) is 14.6. The third-order valence-corrected chi connectivity index (χ3v) is 5.47. The third-order valence-electron chi connectivity index (χ3n) is 5.47. The Morgan fingerprint density at radius 1 is 1.28 bits per heavy atom. The number of morpholine rings is 1. The molecular formula is C22H26N4O3. The summed E-state index contributed by atoms with van der Waals surface area (Å²) < 4.78 is 13.0. The number of carbonyl (C=O) groups excluding carboxylic acids is 1. The summed E-state index contributed by atoms with van der Waals surface area (Å²) in [5.74, 6) is 0.813. The van der Waals surface area contributed by atoms with Crippen LogP contribution in [0.1, 0.15) is 17.4 Å². The van der Waals surface area contributed by atoms with Crippen LogP contribution in [0, 0.1) is 6.92 Å². The summed E-state index contributed by atoms with van der Waals surface area (Å²) in [5, 5.41) is 9.39. The number of amides is 1. The molecule has 1 saturated heterocycles. The molecule has 1 aliphatic heterocycles. The smallest absolute Gasteiger partial charge is 0.238 e. The van der Waals surface area contributed by atoms with Crippen LogP contribution in [0.25, 0.3) is 10.8 Å². The van der Waals surface area contributed by atoms with Crippen LogP contribution in [0.2, 0.25) is 0 Å². The Labute approximate surface area is 170 Å². The van der Waals surface area contributed by atoms with Gasteiger partial charge in [-0.2, -0.15) is 5.10 Å². The zero-order valence-electron chi connectivity index (χ0n) is 17.0. The summed E-state index contributed by atoms with van der Waals surface area (Å²) in [6.45, 7) is 4.29. The Bertz CT molecular complexity index is 1030. The van der Waals surface area contributed by atoms with Gasteiger partial charge in [-0.15, -0.1) is 0 Å². The Balaban J connectivity index is 1.42. The van der Waals surface area contributed by atoms with Crippen LogP contribution in [-0.2, 0) is 16.6 Å². The van der Waals surface area contributed by atoms with Crippen LogP contribution in [0.4, 0.5) is 5.69 Å². The summed E-state index contributed by atoms with van der Waals surface area (Å²) in [6, 6.07) is 12.4. The van der Waals surface area contributed by atoms with Crippen molar-refractivity contribution in [1.29, 1.82) is 0 Å². The molecule has 1 amide bonds. The Morgan fingerprint density at radius 3 is 2.83 bits per heavy atom. The molecule has 0 saturated carbocycles. The molecule has 2 aromatic carbocycles. The highest BCUT2D eigenvalue weighted by Gasteiger charge is 2.24. The van der Waals surface area contributed by atoms with E-state index in [1.165, 1.54) is 0 Å².